The van der Waals surface area contributed by atoms with Crippen LogP contribution < -0.4 is 15.8 Å². The van der Waals surface area contributed by atoms with Gasteiger partial charge in [-0.05, 0) is 43.0 Å². The molecule has 170 valence electrons. The maximum Gasteiger partial charge on any atom is 0.286 e. The average Bonchev–Trinajstić information content (AvgIpc) is 2.84. The number of para-hydroxylation sites is 1. The highest BCUT2D eigenvalue weighted by Gasteiger charge is 2.26. The van der Waals surface area contributed by atoms with Crippen LogP contribution in [0.1, 0.15) is 31.2 Å². The largest absolute Gasteiger partial charge is 0.462 e. The summed E-state index contributed by atoms with van der Waals surface area (Å²) in [7, 11) is 0. The first-order valence-electron chi connectivity index (χ1n) is 10.9. The Morgan fingerprint density at radius 1 is 1.21 bits per heavy atom. The lowest BCUT2D eigenvalue weighted by molar-refractivity contribution is -0.139. The molecule has 1 aromatic carbocycles. The third-order valence-electron chi connectivity index (χ3n) is 5.73. The lowest BCUT2D eigenvalue weighted by atomic mass is 9.94. The van der Waals surface area contributed by atoms with Gasteiger partial charge < -0.3 is 20.7 Å². The second-order valence-corrected chi connectivity index (χ2v) is 7.98. The average molecular weight is 447 g/mol. The van der Waals surface area contributed by atoms with Crippen molar-refractivity contribution in [2.75, 3.05) is 24.1 Å². The summed E-state index contributed by atoms with van der Waals surface area (Å²) in [4.78, 5) is 32.6. The number of rotatable bonds is 7. The van der Waals surface area contributed by atoms with Crippen LogP contribution in [-0.4, -0.2) is 51.9 Å². The number of allylic oxidation sites excluding steroid dienone is 4. The van der Waals surface area contributed by atoms with E-state index in [0.717, 1.165) is 29.9 Å². The SMILES string of the molecule is N=C(C1=CC=C(Oc2ccccc2)CC1)c1c(N)ncnc1NC1CCCN(C(=O)C=O)C1. The van der Waals surface area contributed by atoms with Crippen LogP contribution in [0.15, 0.2) is 60.1 Å². The zero-order valence-corrected chi connectivity index (χ0v) is 18.2. The van der Waals surface area contributed by atoms with Gasteiger partial charge in [0.25, 0.3) is 5.91 Å². The molecule has 0 radical (unpaired) electrons. The van der Waals surface area contributed by atoms with E-state index >= 15 is 0 Å². The molecule has 4 rings (SSSR count). The predicted molar refractivity (Wildman–Crippen MR) is 125 cm³/mol. The van der Waals surface area contributed by atoms with Crippen molar-refractivity contribution in [3.63, 3.8) is 0 Å². The number of carbonyl (C=O) groups is 2. The number of nitrogens with two attached hydrogens (primary N) is 1. The number of nitrogens with zero attached hydrogens (tertiary/aromatic N) is 3. The quantitative estimate of drug-likeness (QED) is 0.338. The third-order valence-corrected chi connectivity index (χ3v) is 5.73. The summed E-state index contributed by atoms with van der Waals surface area (Å²) in [5, 5.41) is 12.1. The molecule has 1 aromatic heterocycles. The highest BCUT2D eigenvalue weighted by Crippen LogP contribution is 2.29. The molecule has 9 heteroatoms. The second kappa shape index (κ2) is 10.1. The Balaban J connectivity index is 1.50. The Kier molecular flexibility index (Phi) is 6.77. The van der Waals surface area contributed by atoms with Gasteiger partial charge in [-0.1, -0.05) is 24.3 Å². The fourth-order valence-electron chi connectivity index (χ4n) is 4.03. The highest BCUT2D eigenvalue weighted by atomic mass is 16.5. The first-order valence-corrected chi connectivity index (χ1v) is 10.9. The zero-order chi connectivity index (χ0) is 23.2. The molecule has 1 atom stereocenters. The monoisotopic (exact) mass is 446 g/mol. The Bertz CT molecular complexity index is 1110. The number of amides is 1. The summed E-state index contributed by atoms with van der Waals surface area (Å²) in [5.74, 6) is 1.75. The first-order chi connectivity index (χ1) is 16.0. The van der Waals surface area contributed by atoms with E-state index in [0.29, 0.717) is 43.6 Å². The van der Waals surface area contributed by atoms with Crippen LogP contribution in [0.5, 0.6) is 5.75 Å². The predicted octanol–water partition coefficient (Wildman–Crippen LogP) is 2.71. The topological polar surface area (TPSA) is 134 Å². The normalized spacial score (nSPS) is 18.1. The van der Waals surface area contributed by atoms with Crippen molar-refractivity contribution in [1.29, 1.82) is 5.41 Å². The molecule has 0 spiro atoms. The fraction of sp³-hybridized carbons (Fsp3) is 0.292. The number of nitrogens with one attached hydrogen (secondary N) is 2. The molecule has 1 amide bonds. The Morgan fingerprint density at radius 3 is 2.76 bits per heavy atom. The third kappa shape index (κ3) is 5.25. The van der Waals surface area contributed by atoms with E-state index in [1.165, 1.54) is 11.2 Å². The molecule has 2 aliphatic rings. The van der Waals surface area contributed by atoms with Gasteiger partial charge in [0, 0.05) is 25.6 Å². The maximum absolute atomic E-state index is 11.8. The molecule has 4 N–H and O–H groups in total. The van der Waals surface area contributed by atoms with E-state index in [2.05, 4.69) is 15.3 Å². The number of aromatic nitrogens is 2. The van der Waals surface area contributed by atoms with Crippen LogP contribution in [0, 0.1) is 5.41 Å². The maximum atomic E-state index is 11.8. The van der Waals surface area contributed by atoms with Crippen molar-refractivity contribution in [3.8, 4) is 5.75 Å². The van der Waals surface area contributed by atoms with Crippen LogP contribution in [0.2, 0.25) is 0 Å². The molecule has 0 saturated carbocycles. The number of carbonyl (C=O) groups excluding carboxylic acids is 2. The van der Waals surface area contributed by atoms with Gasteiger partial charge in [-0.3, -0.25) is 15.0 Å². The van der Waals surface area contributed by atoms with E-state index in [-0.39, 0.29) is 17.6 Å². The van der Waals surface area contributed by atoms with Gasteiger partial charge >= 0.3 is 0 Å². The standard InChI is InChI=1S/C24H26N6O3/c25-22(16-8-10-19(11-9-16)33-18-6-2-1-3-7-18)21-23(26)27-15-28-24(21)29-17-5-4-12-30(13-17)20(32)14-31/h1-3,6-8,10,14-15,17,25H,4-5,9,11-13H2,(H3,26,27,28,29). The van der Waals surface area contributed by atoms with Crippen LogP contribution in [0.25, 0.3) is 0 Å². The smallest absolute Gasteiger partial charge is 0.286 e. The molecule has 33 heavy (non-hydrogen) atoms. The number of anilines is 2. The molecule has 2 heterocycles. The molecule has 9 nitrogen and oxygen atoms in total. The molecular formula is C24H26N6O3. The van der Waals surface area contributed by atoms with Gasteiger partial charge in [-0.15, -0.1) is 0 Å². The van der Waals surface area contributed by atoms with Gasteiger partial charge in [-0.25, -0.2) is 9.97 Å². The van der Waals surface area contributed by atoms with Crippen molar-refractivity contribution < 1.29 is 14.3 Å². The van der Waals surface area contributed by atoms with Crippen LogP contribution in [0.3, 0.4) is 0 Å². The minimum Gasteiger partial charge on any atom is -0.462 e. The second-order valence-electron chi connectivity index (χ2n) is 7.98. The number of ether oxygens (including phenoxy) is 1. The minimum atomic E-state index is -0.524. The number of likely N-dealkylation sites (tertiary alicyclic amines) is 1. The van der Waals surface area contributed by atoms with Crippen LogP contribution in [-0.2, 0) is 9.59 Å². The van der Waals surface area contributed by atoms with E-state index in [9.17, 15) is 9.59 Å². The molecule has 1 saturated heterocycles. The zero-order valence-electron chi connectivity index (χ0n) is 18.2. The number of benzene rings is 1. The minimum absolute atomic E-state index is 0.102. The molecule has 1 fully saturated rings. The first kappa shape index (κ1) is 22.2. The van der Waals surface area contributed by atoms with Gasteiger partial charge in [0.05, 0.1) is 11.3 Å². The van der Waals surface area contributed by atoms with Crippen molar-refractivity contribution in [2.24, 2.45) is 0 Å². The number of hydrogen-bond acceptors (Lipinski definition) is 8. The number of aldehydes is 1. The summed E-state index contributed by atoms with van der Waals surface area (Å²) >= 11 is 0. The Labute approximate surface area is 191 Å². The van der Waals surface area contributed by atoms with Crippen molar-refractivity contribution >= 4 is 29.5 Å². The van der Waals surface area contributed by atoms with Gasteiger partial charge in [0.15, 0.2) is 0 Å². The van der Waals surface area contributed by atoms with Crippen molar-refractivity contribution in [1.82, 2.24) is 14.9 Å². The molecule has 1 unspecified atom stereocenters. The van der Waals surface area contributed by atoms with Gasteiger partial charge in [0.2, 0.25) is 6.29 Å². The van der Waals surface area contributed by atoms with E-state index < -0.39 is 5.91 Å². The summed E-state index contributed by atoms with van der Waals surface area (Å²) < 4.78 is 5.90. The van der Waals surface area contributed by atoms with Crippen LogP contribution >= 0.6 is 0 Å². The van der Waals surface area contributed by atoms with E-state index in [1.54, 1.807) is 0 Å². The molecule has 1 aliphatic heterocycles. The van der Waals surface area contributed by atoms with Gasteiger partial charge in [0.1, 0.15) is 29.5 Å². The Morgan fingerprint density at radius 2 is 2.03 bits per heavy atom. The summed E-state index contributed by atoms with van der Waals surface area (Å²) in [5.41, 5.74) is 7.64. The van der Waals surface area contributed by atoms with E-state index in [4.69, 9.17) is 15.9 Å². The summed E-state index contributed by atoms with van der Waals surface area (Å²) in [6.07, 6.45) is 8.29. The number of piperidine rings is 1. The van der Waals surface area contributed by atoms with Crippen molar-refractivity contribution in [3.05, 3.63) is 65.7 Å². The number of nitrogen functional groups attached to an aromatic ring is 1. The van der Waals surface area contributed by atoms with Crippen molar-refractivity contribution in [2.45, 2.75) is 31.7 Å². The Hall–Kier alpha value is -4.01. The molecular weight excluding hydrogens is 420 g/mol. The van der Waals surface area contributed by atoms with Gasteiger partial charge in [-0.2, -0.15) is 0 Å². The molecule has 2 aromatic rings. The molecule has 0 bridgehead atoms. The lowest BCUT2D eigenvalue weighted by Gasteiger charge is -2.32. The molecule has 1 aliphatic carbocycles. The lowest BCUT2D eigenvalue weighted by Crippen LogP contribution is -2.45. The highest BCUT2D eigenvalue weighted by molar-refractivity contribution is 6.23. The van der Waals surface area contributed by atoms with Crippen LogP contribution in [0.4, 0.5) is 11.6 Å². The number of hydrogen-bond donors (Lipinski definition) is 3. The van der Waals surface area contributed by atoms with E-state index in [1.807, 2.05) is 42.5 Å². The fourth-order valence-corrected chi connectivity index (χ4v) is 4.03. The summed E-state index contributed by atoms with van der Waals surface area (Å²) in [6.45, 7) is 0.941. The summed E-state index contributed by atoms with van der Waals surface area (Å²) in [6, 6.07) is 9.47.